The van der Waals surface area contributed by atoms with Crippen LogP contribution in [0.5, 0.6) is 0 Å². The maximum atomic E-state index is 13.6. The number of benzene rings is 1. The van der Waals surface area contributed by atoms with Crippen LogP contribution in [0.25, 0.3) is 0 Å². The van der Waals surface area contributed by atoms with Crippen LogP contribution >= 0.6 is 22.3 Å². The van der Waals surface area contributed by atoms with E-state index in [4.69, 9.17) is 22.3 Å². The molecule has 0 saturated heterocycles. The average Bonchev–Trinajstić information content (AvgIpc) is 2.26. The number of amides is 1. The molecule has 1 rings (SSSR count). The number of carbonyl (C=O) groups is 1. The van der Waals surface area contributed by atoms with Crippen LogP contribution in [-0.4, -0.2) is 20.4 Å². The van der Waals surface area contributed by atoms with Crippen molar-refractivity contribution in [2.75, 3.05) is 0 Å². The number of carbonyl (C=O) groups excluding carboxylic acids is 1. The zero-order valence-corrected chi connectivity index (χ0v) is 12.5. The predicted molar refractivity (Wildman–Crippen MR) is 71.7 cm³/mol. The molecule has 1 amide bonds. The molecule has 1 atom stereocenters. The van der Waals surface area contributed by atoms with Crippen molar-refractivity contribution in [2.45, 2.75) is 31.2 Å². The molecule has 1 aromatic carbocycles. The first-order chi connectivity index (χ1) is 8.66. The molecular weight excluding hydrogens is 316 g/mol. The summed E-state index contributed by atoms with van der Waals surface area (Å²) in [5.74, 6) is -1.63. The smallest absolute Gasteiger partial charge is 0.262 e. The van der Waals surface area contributed by atoms with Crippen molar-refractivity contribution in [2.24, 2.45) is 0 Å². The molecule has 8 heteroatoms. The molecule has 106 valence electrons. The van der Waals surface area contributed by atoms with Gasteiger partial charge in [-0.3, -0.25) is 4.79 Å². The second-order valence-corrected chi connectivity index (χ2v) is 6.92. The SMILES string of the molecule is CCC(C)NC(=O)c1cc(S(=O)(=O)Cl)c(Cl)cc1F. The summed E-state index contributed by atoms with van der Waals surface area (Å²) in [5.41, 5.74) is -0.413. The van der Waals surface area contributed by atoms with E-state index < -0.39 is 31.2 Å². The zero-order chi connectivity index (χ0) is 14.8. The van der Waals surface area contributed by atoms with Gasteiger partial charge < -0.3 is 5.32 Å². The number of rotatable bonds is 4. The largest absolute Gasteiger partial charge is 0.350 e. The summed E-state index contributed by atoms with van der Waals surface area (Å²) in [6, 6.07) is 1.42. The lowest BCUT2D eigenvalue weighted by Crippen LogP contribution is -2.32. The molecule has 1 N–H and O–H groups in total. The van der Waals surface area contributed by atoms with Gasteiger partial charge in [-0.15, -0.1) is 0 Å². The average molecular weight is 328 g/mol. The highest BCUT2D eigenvalue weighted by atomic mass is 35.7. The summed E-state index contributed by atoms with van der Waals surface area (Å²) in [5, 5.41) is 2.16. The van der Waals surface area contributed by atoms with Crippen molar-refractivity contribution in [1.82, 2.24) is 5.32 Å². The second-order valence-electron chi connectivity index (χ2n) is 3.98. The molecule has 0 bridgehead atoms. The van der Waals surface area contributed by atoms with Crippen molar-refractivity contribution in [3.8, 4) is 0 Å². The predicted octanol–water partition coefficient (Wildman–Crippen LogP) is 2.93. The number of hydrogen-bond donors (Lipinski definition) is 1. The minimum absolute atomic E-state index is 0.168. The lowest BCUT2D eigenvalue weighted by atomic mass is 10.1. The lowest BCUT2D eigenvalue weighted by Gasteiger charge is -2.12. The minimum atomic E-state index is -4.15. The van der Waals surface area contributed by atoms with E-state index in [0.29, 0.717) is 6.42 Å². The molecule has 0 aliphatic heterocycles. The lowest BCUT2D eigenvalue weighted by molar-refractivity contribution is 0.0935. The van der Waals surface area contributed by atoms with Crippen LogP contribution < -0.4 is 5.32 Å². The van der Waals surface area contributed by atoms with Gasteiger partial charge in [0.2, 0.25) is 0 Å². The quantitative estimate of drug-likeness (QED) is 0.865. The zero-order valence-electron chi connectivity index (χ0n) is 10.2. The molecule has 1 aromatic rings. The van der Waals surface area contributed by atoms with Crippen LogP contribution in [0, 0.1) is 5.82 Å². The van der Waals surface area contributed by atoms with E-state index in [1.54, 1.807) is 6.92 Å². The Morgan fingerprint density at radius 2 is 2.05 bits per heavy atom. The van der Waals surface area contributed by atoms with Gasteiger partial charge in [-0.1, -0.05) is 18.5 Å². The monoisotopic (exact) mass is 327 g/mol. The van der Waals surface area contributed by atoms with Crippen molar-refractivity contribution < 1.29 is 17.6 Å². The highest BCUT2D eigenvalue weighted by Gasteiger charge is 2.22. The van der Waals surface area contributed by atoms with Crippen molar-refractivity contribution in [1.29, 1.82) is 0 Å². The van der Waals surface area contributed by atoms with Gasteiger partial charge in [-0.2, -0.15) is 0 Å². The summed E-state index contributed by atoms with van der Waals surface area (Å²) < 4.78 is 36.1. The first kappa shape index (κ1) is 16.2. The molecule has 4 nitrogen and oxygen atoms in total. The Kier molecular flexibility index (Phi) is 5.18. The van der Waals surface area contributed by atoms with Crippen LogP contribution in [0.15, 0.2) is 17.0 Å². The third kappa shape index (κ3) is 4.06. The number of hydrogen-bond acceptors (Lipinski definition) is 3. The first-order valence-electron chi connectivity index (χ1n) is 5.41. The Morgan fingerprint density at radius 1 is 1.47 bits per heavy atom. The van der Waals surface area contributed by atoms with Gasteiger partial charge in [-0.25, -0.2) is 12.8 Å². The maximum absolute atomic E-state index is 13.6. The summed E-state index contributed by atoms with van der Waals surface area (Å²) in [4.78, 5) is 11.3. The van der Waals surface area contributed by atoms with Gasteiger partial charge in [0.15, 0.2) is 0 Å². The molecule has 0 saturated carbocycles. The fourth-order valence-electron chi connectivity index (χ4n) is 1.29. The third-order valence-electron chi connectivity index (χ3n) is 2.52. The van der Waals surface area contributed by atoms with E-state index in [1.807, 2.05) is 6.92 Å². The van der Waals surface area contributed by atoms with Crippen molar-refractivity contribution >= 4 is 37.2 Å². The normalized spacial score (nSPS) is 13.1. The molecule has 0 fully saturated rings. The van der Waals surface area contributed by atoms with Crippen molar-refractivity contribution in [3.63, 3.8) is 0 Å². The van der Waals surface area contributed by atoms with Crippen LogP contribution in [0.2, 0.25) is 5.02 Å². The number of halogens is 3. The molecular formula is C11H12Cl2FNO3S. The summed E-state index contributed by atoms with van der Waals surface area (Å²) >= 11 is 5.59. The topological polar surface area (TPSA) is 63.2 Å². The number of nitrogens with one attached hydrogen (secondary N) is 1. The van der Waals surface area contributed by atoms with Gasteiger partial charge in [0.25, 0.3) is 15.0 Å². The molecule has 1 unspecified atom stereocenters. The molecule has 0 aromatic heterocycles. The van der Waals surface area contributed by atoms with Crippen LogP contribution in [0.1, 0.15) is 30.6 Å². The molecule has 0 heterocycles. The van der Waals surface area contributed by atoms with Crippen molar-refractivity contribution in [3.05, 3.63) is 28.5 Å². The summed E-state index contributed by atoms with van der Waals surface area (Å²) in [6.07, 6.45) is 0.654. The first-order valence-corrected chi connectivity index (χ1v) is 8.10. The molecule has 19 heavy (non-hydrogen) atoms. The Bertz CT molecular complexity index is 604. The molecule has 0 aliphatic rings. The van der Waals surface area contributed by atoms with E-state index in [9.17, 15) is 17.6 Å². The van der Waals surface area contributed by atoms with Gasteiger partial charge in [0.1, 0.15) is 10.7 Å². The summed E-state index contributed by atoms with van der Waals surface area (Å²) in [7, 11) is 1.01. The highest BCUT2D eigenvalue weighted by molar-refractivity contribution is 8.13. The Hall–Kier alpha value is -0.850. The Balaban J connectivity index is 3.26. The molecule has 0 aliphatic carbocycles. The van der Waals surface area contributed by atoms with Crippen LogP contribution in [0.4, 0.5) is 4.39 Å². The van der Waals surface area contributed by atoms with E-state index in [2.05, 4.69) is 5.32 Å². The molecule has 0 spiro atoms. The molecule has 0 radical (unpaired) electrons. The maximum Gasteiger partial charge on any atom is 0.262 e. The minimum Gasteiger partial charge on any atom is -0.350 e. The summed E-state index contributed by atoms with van der Waals surface area (Å²) in [6.45, 7) is 3.59. The van der Waals surface area contributed by atoms with Gasteiger partial charge in [-0.05, 0) is 25.5 Å². The van der Waals surface area contributed by atoms with Gasteiger partial charge in [0, 0.05) is 16.7 Å². The second kappa shape index (κ2) is 6.07. The Morgan fingerprint density at radius 3 is 2.53 bits per heavy atom. The Labute approximate surface area is 120 Å². The third-order valence-corrected chi connectivity index (χ3v) is 4.31. The fourth-order valence-corrected chi connectivity index (χ4v) is 2.80. The van der Waals surface area contributed by atoms with Gasteiger partial charge >= 0.3 is 0 Å². The highest BCUT2D eigenvalue weighted by Crippen LogP contribution is 2.27. The van der Waals surface area contributed by atoms with Crippen LogP contribution in [0.3, 0.4) is 0 Å². The fraction of sp³-hybridized carbons (Fsp3) is 0.364. The van der Waals surface area contributed by atoms with E-state index >= 15 is 0 Å². The standard InChI is InChI=1S/C11H12Cl2FNO3S/c1-3-6(2)15-11(16)7-4-10(19(13,17)18)8(12)5-9(7)14/h4-6H,3H2,1-2H3,(H,15,16). The van der Waals surface area contributed by atoms with E-state index in [0.717, 1.165) is 12.1 Å². The van der Waals surface area contributed by atoms with E-state index in [1.165, 1.54) is 0 Å². The van der Waals surface area contributed by atoms with E-state index in [-0.39, 0.29) is 11.1 Å². The van der Waals surface area contributed by atoms with Crippen LogP contribution in [-0.2, 0) is 9.05 Å². The van der Waals surface area contributed by atoms with Gasteiger partial charge in [0.05, 0.1) is 10.6 Å².